The molecule has 1 heterocycles. The lowest BCUT2D eigenvalue weighted by Gasteiger charge is -2.19. The molecule has 1 unspecified atom stereocenters. The van der Waals surface area contributed by atoms with Gasteiger partial charge in [-0.1, -0.05) is 30.0 Å². The fraction of sp³-hybridized carbons (Fsp3) is 0.318. The Bertz CT molecular complexity index is 1060. The number of ether oxygens (including phenoxy) is 1. The molecule has 1 atom stereocenters. The van der Waals surface area contributed by atoms with E-state index in [0.29, 0.717) is 29.7 Å². The molecule has 11 heteroatoms. The van der Waals surface area contributed by atoms with Crippen molar-refractivity contribution in [2.24, 2.45) is 4.99 Å². The van der Waals surface area contributed by atoms with Crippen molar-refractivity contribution in [3.05, 3.63) is 58.6 Å². The number of anilines is 1. The molecule has 0 aliphatic carbocycles. The van der Waals surface area contributed by atoms with Crippen LogP contribution in [0.3, 0.4) is 0 Å². The molecule has 0 radical (unpaired) electrons. The molecular weight excluding hydrogens is 446 g/mol. The van der Waals surface area contributed by atoms with E-state index in [2.05, 4.69) is 10.3 Å². The first kappa shape index (κ1) is 24.2. The van der Waals surface area contributed by atoms with Gasteiger partial charge in [-0.2, -0.15) is 0 Å². The van der Waals surface area contributed by atoms with Gasteiger partial charge >= 0.3 is 0 Å². The van der Waals surface area contributed by atoms with Crippen molar-refractivity contribution >= 4 is 45.8 Å². The quantitative estimate of drug-likeness (QED) is 0.441. The van der Waals surface area contributed by atoms with Crippen molar-refractivity contribution in [2.45, 2.75) is 11.7 Å². The Morgan fingerprint density at radius 1 is 1.27 bits per heavy atom. The molecule has 1 aliphatic rings. The number of benzene rings is 2. The highest BCUT2D eigenvalue weighted by atomic mass is 32.2. The topological polar surface area (TPSA) is 117 Å². The van der Waals surface area contributed by atoms with Crippen LogP contribution in [0.4, 0.5) is 17.1 Å². The lowest BCUT2D eigenvalue weighted by molar-refractivity contribution is -0.384. The number of likely N-dealkylation sites (N-methyl/N-ethyl adjacent to an activating group) is 1. The number of amidine groups is 1. The number of nitro groups is 1. The summed E-state index contributed by atoms with van der Waals surface area (Å²) in [6.45, 7) is 1.07. The molecule has 2 aromatic carbocycles. The van der Waals surface area contributed by atoms with Crippen LogP contribution in [-0.2, 0) is 9.59 Å². The van der Waals surface area contributed by atoms with Crippen molar-refractivity contribution in [2.75, 3.05) is 39.6 Å². The third-order valence-electron chi connectivity index (χ3n) is 4.82. The number of rotatable bonds is 9. The zero-order valence-corrected chi connectivity index (χ0v) is 19.4. The summed E-state index contributed by atoms with van der Waals surface area (Å²) in [6.07, 6.45) is -0.140. The van der Waals surface area contributed by atoms with Gasteiger partial charge in [0.1, 0.15) is 16.7 Å². The smallest absolute Gasteiger partial charge is 0.296 e. The van der Waals surface area contributed by atoms with Crippen molar-refractivity contribution in [3.8, 4) is 5.75 Å². The van der Waals surface area contributed by atoms with E-state index in [1.807, 2.05) is 49.3 Å². The maximum Gasteiger partial charge on any atom is 0.296 e. The molecule has 1 aliphatic heterocycles. The molecule has 0 aromatic heterocycles. The summed E-state index contributed by atoms with van der Waals surface area (Å²) in [5.41, 5.74) is 0.470. The Kier molecular flexibility index (Phi) is 8.01. The predicted octanol–water partition coefficient (Wildman–Crippen LogP) is 3.13. The number of nitrogens with one attached hydrogen (secondary N) is 1. The van der Waals surface area contributed by atoms with Crippen LogP contribution in [0.1, 0.15) is 6.42 Å². The first-order valence-corrected chi connectivity index (χ1v) is 11.0. The second-order valence-corrected chi connectivity index (χ2v) is 8.69. The van der Waals surface area contributed by atoms with E-state index in [0.717, 1.165) is 0 Å². The molecule has 174 valence electrons. The lowest BCUT2D eigenvalue weighted by Crippen LogP contribution is -2.38. The first-order chi connectivity index (χ1) is 15.8. The van der Waals surface area contributed by atoms with Crippen molar-refractivity contribution in [1.29, 1.82) is 0 Å². The summed E-state index contributed by atoms with van der Waals surface area (Å²) in [5, 5.41) is 13.8. The van der Waals surface area contributed by atoms with E-state index < -0.39 is 16.1 Å². The molecule has 1 saturated heterocycles. The van der Waals surface area contributed by atoms with Crippen LogP contribution in [0.15, 0.2) is 53.5 Å². The Balaban J connectivity index is 1.76. The summed E-state index contributed by atoms with van der Waals surface area (Å²) in [7, 11) is 5.22. The fourth-order valence-corrected chi connectivity index (χ4v) is 4.29. The molecule has 0 bridgehead atoms. The molecule has 1 N–H and O–H groups in total. The number of hydrogen-bond acceptors (Lipinski definition) is 8. The molecule has 2 aromatic rings. The monoisotopic (exact) mass is 471 g/mol. The molecule has 0 saturated carbocycles. The maximum absolute atomic E-state index is 13.1. The van der Waals surface area contributed by atoms with E-state index in [1.165, 1.54) is 37.1 Å². The van der Waals surface area contributed by atoms with E-state index in [1.54, 1.807) is 4.90 Å². The lowest BCUT2D eigenvalue weighted by atomic mass is 10.2. The Morgan fingerprint density at radius 2 is 2.00 bits per heavy atom. The molecule has 33 heavy (non-hydrogen) atoms. The molecular formula is C22H25N5O5S. The zero-order chi connectivity index (χ0) is 24.0. The number of nitro benzene ring substituents is 1. The number of nitrogens with zero attached hydrogens (tertiary/aromatic N) is 4. The van der Waals surface area contributed by atoms with Crippen LogP contribution in [-0.4, -0.2) is 71.2 Å². The molecule has 3 rings (SSSR count). The summed E-state index contributed by atoms with van der Waals surface area (Å²) < 4.78 is 5.01. The van der Waals surface area contributed by atoms with Gasteiger partial charge in [0.05, 0.1) is 23.8 Å². The van der Waals surface area contributed by atoms with Gasteiger partial charge in [-0.3, -0.25) is 24.6 Å². The van der Waals surface area contributed by atoms with E-state index in [4.69, 9.17) is 4.74 Å². The standard InChI is InChI=1S/C22H25N5O5S/c1-25(2)11-12-26-21(29)19(33-22(26)23-15-7-5-4-6-8-15)14-20(28)24-17-10-9-16(32-3)13-18(17)27(30)31/h4-10,13,19H,11-12,14H2,1-3H3,(H,24,28). The van der Waals surface area contributed by atoms with Crippen molar-refractivity contribution in [3.63, 3.8) is 0 Å². The highest BCUT2D eigenvalue weighted by Gasteiger charge is 2.39. The third kappa shape index (κ3) is 6.30. The second kappa shape index (κ2) is 10.9. The average molecular weight is 472 g/mol. The number of methoxy groups -OCH3 is 1. The van der Waals surface area contributed by atoms with Gasteiger partial charge in [-0.05, 0) is 38.4 Å². The van der Waals surface area contributed by atoms with Crippen LogP contribution >= 0.6 is 11.8 Å². The predicted molar refractivity (Wildman–Crippen MR) is 128 cm³/mol. The van der Waals surface area contributed by atoms with Crippen LogP contribution in [0.5, 0.6) is 5.75 Å². The van der Waals surface area contributed by atoms with Gasteiger partial charge in [0, 0.05) is 19.5 Å². The Hall–Kier alpha value is -3.44. The number of hydrogen-bond donors (Lipinski definition) is 1. The van der Waals surface area contributed by atoms with Gasteiger partial charge in [0.2, 0.25) is 11.8 Å². The first-order valence-electron chi connectivity index (χ1n) is 10.2. The van der Waals surface area contributed by atoms with Gasteiger partial charge in [-0.25, -0.2) is 4.99 Å². The van der Waals surface area contributed by atoms with E-state index in [9.17, 15) is 19.7 Å². The van der Waals surface area contributed by atoms with Crippen molar-refractivity contribution in [1.82, 2.24) is 9.80 Å². The number of thioether (sulfide) groups is 1. The summed E-state index contributed by atoms with van der Waals surface area (Å²) in [5.74, 6) is -0.405. The summed E-state index contributed by atoms with van der Waals surface area (Å²) in [4.78, 5) is 44.7. The number of para-hydroxylation sites is 1. The maximum atomic E-state index is 13.1. The van der Waals surface area contributed by atoms with Crippen LogP contribution < -0.4 is 10.1 Å². The number of carbonyl (C=O) groups is 2. The summed E-state index contributed by atoms with van der Waals surface area (Å²) in [6, 6.07) is 13.4. The Labute approximate surface area is 195 Å². The van der Waals surface area contributed by atoms with E-state index >= 15 is 0 Å². The van der Waals surface area contributed by atoms with Gasteiger partial charge in [0.15, 0.2) is 5.17 Å². The third-order valence-corrected chi connectivity index (χ3v) is 5.99. The molecule has 10 nitrogen and oxygen atoms in total. The Morgan fingerprint density at radius 3 is 2.64 bits per heavy atom. The molecule has 0 spiro atoms. The van der Waals surface area contributed by atoms with Crippen LogP contribution in [0, 0.1) is 10.1 Å². The average Bonchev–Trinajstić information content (AvgIpc) is 3.06. The number of carbonyl (C=O) groups excluding carboxylic acids is 2. The van der Waals surface area contributed by atoms with Gasteiger partial charge < -0.3 is 15.0 Å². The zero-order valence-electron chi connectivity index (χ0n) is 18.6. The largest absolute Gasteiger partial charge is 0.496 e. The molecule has 1 fully saturated rings. The van der Waals surface area contributed by atoms with E-state index in [-0.39, 0.29) is 23.7 Å². The fourth-order valence-electron chi connectivity index (χ4n) is 3.11. The molecule has 2 amide bonds. The minimum Gasteiger partial charge on any atom is -0.496 e. The minimum atomic E-state index is -0.674. The highest BCUT2D eigenvalue weighted by molar-refractivity contribution is 8.15. The van der Waals surface area contributed by atoms with Gasteiger partial charge in [-0.15, -0.1) is 0 Å². The second-order valence-electron chi connectivity index (χ2n) is 7.52. The number of aliphatic imine (C=N–C) groups is 1. The highest BCUT2D eigenvalue weighted by Crippen LogP contribution is 2.33. The van der Waals surface area contributed by atoms with Crippen LogP contribution in [0.25, 0.3) is 0 Å². The number of amides is 2. The van der Waals surface area contributed by atoms with Crippen LogP contribution in [0.2, 0.25) is 0 Å². The van der Waals surface area contributed by atoms with Gasteiger partial charge in [0.25, 0.3) is 5.69 Å². The minimum absolute atomic E-state index is 0.0453. The SMILES string of the molecule is COc1ccc(NC(=O)CC2SC(=Nc3ccccc3)N(CCN(C)C)C2=O)c([N+](=O)[O-])c1. The van der Waals surface area contributed by atoms with Crippen molar-refractivity contribution < 1.29 is 19.2 Å². The summed E-state index contributed by atoms with van der Waals surface area (Å²) >= 11 is 1.22. The normalized spacial score (nSPS) is 17.0.